The van der Waals surface area contributed by atoms with E-state index < -0.39 is 0 Å². The van der Waals surface area contributed by atoms with E-state index in [1.54, 1.807) is 4.90 Å². The third kappa shape index (κ3) is 2.69. The molecule has 2 nitrogen and oxygen atoms in total. The molecule has 10 heavy (non-hydrogen) atoms. The summed E-state index contributed by atoms with van der Waals surface area (Å²) in [6, 6.07) is 0.352. The molecule has 0 fully saturated rings. The van der Waals surface area contributed by atoms with Gasteiger partial charge in [-0.15, -0.1) is 0 Å². The maximum Gasteiger partial charge on any atom is 0.233 e. The zero-order chi connectivity index (χ0) is 8.15. The first-order chi connectivity index (χ1) is 4.63. The number of amides is 1. The molecule has 60 valence electrons. The topological polar surface area (TPSA) is 20.3 Å². The van der Waals surface area contributed by atoms with Crippen LogP contribution in [0.5, 0.6) is 0 Å². The van der Waals surface area contributed by atoms with Crippen LogP contribution in [0.3, 0.4) is 0 Å². The summed E-state index contributed by atoms with van der Waals surface area (Å²) in [5.74, 6) is 0.148. The summed E-state index contributed by atoms with van der Waals surface area (Å²) in [5.41, 5.74) is 0. The average Bonchev–Trinajstić information content (AvgIpc) is 2.00. The molecule has 1 amide bonds. The molecule has 0 aliphatic rings. The van der Waals surface area contributed by atoms with Gasteiger partial charge in [0.1, 0.15) is 0 Å². The normalized spacial score (nSPS) is 12.8. The van der Waals surface area contributed by atoms with Gasteiger partial charge in [-0.25, -0.2) is 0 Å². The molecular formula is C7H14BrNO. The fraction of sp³-hybridized carbons (Fsp3) is 0.857. The zero-order valence-corrected chi connectivity index (χ0v) is 8.31. The van der Waals surface area contributed by atoms with E-state index in [2.05, 4.69) is 22.9 Å². The van der Waals surface area contributed by atoms with Crippen LogP contribution in [0, 0.1) is 0 Å². The Kier molecular flexibility index (Phi) is 4.69. The van der Waals surface area contributed by atoms with Gasteiger partial charge in [-0.2, -0.15) is 0 Å². The van der Waals surface area contributed by atoms with Crippen LogP contribution < -0.4 is 0 Å². The second-order valence-corrected chi connectivity index (χ2v) is 2.96. The van der Waals surface area contributed by atoms with Crippen molar-refractivity contribution in [2.75, 3.05) is 12.4 Å². The Morgan fingerprint density at radius 2 is 2.20 bits per heavy atom. The van der Waals surface area contributed by atoms with Gasteiger partial charge in [0.2, 0.25) is 5.91 Å². The van der Waals surface area contributed by atoms with Crippen LogP contribution in [0.15, 0.2) is 0 Å². The fourth-order valence-electron chi connectivity index (χ4n) is 0.614. The molecule has 0 aliphatic heterocycles. The molecule has 0 saturated heterocycles. The number of carbonyl (C=O) groups is 1. The molecule has 0 spiro atoms. The van der Waals surface area contributed by atoms with Gasteiger partial charge >= 0.3 is 0 Å². The molecule has 0 aromatic heterocycles. The fourth-order valence-corrected chi connectivity index (χ4v) is 1.01. The van der Waals surface area contributed by atoms with Crippen LogP contribution in [-0.4, -0.2) is 29.2 Å². The van der Waals surface area contributed by atoms with Gasteiger partial charge < -0.3 is 4.90 Å². The molecule has 0 radical (unpaired) electrons. The van der Waals surface area contributed by atoms with Crippen molar-refractivity contribution in [3.05, 3.63) is 0 Å². The minimum Gasteiger partial charge on any atom is -0.342 e. The lowest BCUT2D eigenvalue weighted by Crippen LogP contribution is -2.35. The maximum absolute atomic E-state index is 11.0. The number of hydrogen-bond donors (Lipinski definition) is 0. The summed E-state index contributed by atoms with van der Waals surface area (Å²) in [6.45, 7) is 4.11. The second kappa shape index (κ2) is 4.72. The van der Waals surface area contributed by atoms with Crippen molar-refractivity contribution in [1.29, 1.82) is 0 Å². The van der Waals surface area contributed by atoms with Gasteiger partial charge in [-0.05, 0) is 13.3 Å². The molecule has 1 unspecified atom stereocenters. The number of hydrogen-bond acceptors (Lipinski definition) is 1. The van der Waals surface area contributed by atoms with Crippen LogP contribution in [0.2, 0.25) is 0 Å². The smallest absolute Gasteiger partial charge is 0.233 e. The maximum atomic E-state index is 11.0. The van der Waals surface area contributed by atoms with Crippen molar-refractivity contribution in [2.45, 2.75) is 26.3 Å². The van der Waals surface area contributed by atoms with Crippen molar-refractivity contribution in [3.8, 4) is 0 Å². The highest BCUT2D eigenvalue weighted by molar-refractivity contribution is 9.09. The van der Waals surface area contributed by atoms with Gasteiger partial charge in [0, 0.05) is 13.1 Å². The van der Waals surface area contributed by atoms with Gasteiger partial charge in [-0.1, -0.05) is 22.9 Å². The van der Waals surface area contributed by atoms with Crippen LogP contribution in [0.25, 0.3) is 0 Å². The lowest BCUT2D eigenvalue weighted by molar-refractivity contribution is -0.128. The second-order valence-electron chi connectivity index (χ2n) is 2.40. The molecule has 0 aromatic rings. The SMILES string of the molecule is CCC(C)N(C)C(=O)CBr. The molecular weight excluding hydrogens is 194 g/mol. The van der Waals surface area contributed by atoms with Crippen molar-refractivity contribution in [3.63, 3.8) is 0 Å². The largest absolute Gasteiger partial charge is 0.342 e. The van der Waals surface area contributed by atoms with E-state index in [9.17, 15) is 4.79 Å². The lowest BCUT2D eigenvalue weighted by atomic mass is 10.2. The van der Waals surface area contributed by atoms with Gasteiger partial charge in [0.25, 0.3) is 0 Å². The third-order valence-electron chi connectivity index (χ3n) is 1.76. The van der Waals surface area contributed by atoms with E-state index in [0.717, 1.165) is 6.42 Å². The number of carbonyl (C=O) groups excluding carboxylic acids is 1. The minimum absolute atomic E-state index is 0.148. The Bertz CT molecular complexity index is 116. The first kappa shape index (κ1) is 9.95. The van der Waals surface area contributed by atoms with Gasteiger partial charge in [-0.3, -0.25) is 4.79 Å². The predicted molar refractivity (Wildman–Crippen MR) is 46.3 cm³/mol. The van der Waals surface area contributed by atoms with Crippen molar-refractivity contribution < 1.29 is 4.79 Å². The Labute approximate surface area is 70.7 Å². The Balaban J connectivity index is 3.81. The van der Waals surface area contributed by atoms with E-state index >= 15 is 0 Å². The van der Waals surface area contributed by atoms with Crippen LogP contribution in [0.4, 0.5) is 0 Å². The molecule has 0 aliphatic carbocycles. The van der Waals surface area contributed by atoms with E-state index in [1.165, 1.54) is 0 Å². The number of nitrogens with zero attached hydrogens (tertiary/aromatic N) is 1. The van der Waals surface area contributed by atoms with Crippen LogP contribution >= 0.6 is 15.9 Å². The zero-order valence-electron chi connectivity index (χ0n) is 6.72. The summed E-state index contributed by atoms with van der Waals surface area (Å²) in [6.07, 6.45) is 1.01. The lowest BCUT2D eigenvalue weighted by Gasteiger charge is -2.22. The quantitative estimate of drug-likeness (QED) is 0.645. The highest BCUT2D eigenvalue weighted by atomic mass is 79.9. The molecule has 0 heterocycles. The van der Waals surface area contributed by atoms with E-state index in [4.69, 9.17) is 0 Å². The summed E-state index contributed by atoms with van der Waals surface area (Å²) in [7, 11) is 1.83. The average molecular weight is 208 g/mol. The summed E-state index contributed by atoms with van der Waals surface area (Å²) >= 11 is 3.12. The first-order valence-electron chi connectivity index (χ1n) is 3.45. The van der Waals surface area contributed by atoms with Crippen molar-refractivity contribution >= 4 is 21.8 Å². The standard InChI is InChI=1S/C7H14BrNO/c1-4-6(2)9(3)7(10)5-8/h6H,4-5H2,1-3H3. The van der Waals surface area contributed by atoms with Crippen molar-refractivity contribution in [2.24, 2.45) is 0 Å². The summed E-state index contributed by atoms with van der Waals surface area (Å²) < 4.78 is 0. The molecule has 3 heteroatoms. The first-order valence-corrected chi connectivity index (χ1v) is 4.57. The molecule has 0 rings (SSSR count). The Morgan fingerprint density at radius 3 is 2.50 bits per heavy atom. The molecule has 0 N–H and O–H groups in total. The van der Waals surface area contributed by atoms with Crippen molar-refractivity contribution in [1.82, 2.24) is 4.90 Å². The van der Waals surface area contributed by atoms with E-state index in [1.807, 2.05) is 14.0 Å². The third-order valence-corrected chi connectivity index (χ3v) is 2.24. The van der Waals surface area contributed by atoms with Gasteiger partial charge in [0.15, 0.2) is 0 Å². The summed E-state index contributed by atoms with van der Waals surface area (Å²) in [5, 5.41) is 0.424. The number of rotatable bonds is 3. The van der Waals surface area contributed by atoms with Crippen LogP contribution in [0.1, 0.15) is 20.3 Å². The summed E-state index contributed by atoms with van der Waals surface area (Å²) in [4.78, 5) is 12.7. The highest BCUT2D eigenvalue weighted by Crippen LogP contribution is 2.01. The molecule has 1 atom stereocenters. The van der Waals surface area contributed by atoms with E-state index in [0.29, 0.717) is 11.4 Å². The molecule has 0 bridgehead atoms. The van der Waals surface area contributed by atoms with Gasteiger partial charge in [0.05, 0.1) is 5.33 Å². The number of alkyl halides is 1. The molecule has 0 aromatic carbocycles. The Hall–Kier alpha value is -0.0500. The number of halogens is 1. The molecule has 0 saturated carbocycles. The Morgan fingerprint density at radius 1 is 1.70 bits per heavy atom. The van der Waals surface area contributed by atoms with Crippen LogP contribution in [-0.2, 0) is 4.79 Å². The predicted octanol–water partition coefficient (Wildman–Crippen LogP) is 1.64. The monoisotopic (exact) mass is 207 g/mol. The van der Waals surface area contributed by atoms with E-state index in [-0.39, 0.29) is 5.91 Å². The highest BCUT2D eigenvalue weighted by Gasteiger charge is 2.11. The minimum atomic E-state index is 0.148.